The molecule has 0 saturated carbocycles. The Balaban J connectivity index is 2.37. The summed E-state index contributed by atoms with van der Waals surface area (Å²) in [5.74, 6) is -1.15. The molecule has 5 heteroatoms. The minimum atomic E-state index is -0.959. The average molecular weight is 235 g/mol. The average Bonchev–Trinajstić information content (AvgIpc) is 2.16. The van der Waals surface area contributed by atoms with Crippen LogP contribution in [0.15, 0.2) is 18.2 Å². The molecule has 0 bridgehead atoms. The van der Waals surface area contributed by atoms with Crippen molar-refractivity contribution in [1.82, 2.24) is 0 Å². The number of nitrogens with one attached hydrogen (secondary N) is 1. The van der Waals surface area contributed by atoms with Gasteiger partial charge in [-0.3, -0.25) is 4.79 Å². The summed E-state index contributed by atoms with van der Waals surface area (Å²) in [5.41, 5.74) is 0.854. The van der Waals surface area contributed by atoms with E-state index < -0.39 is 11.8 Å². The van der Waals surface area contributed by atoms with Gasteiger partial charge in [0.05, 0.1) is 0 Å². The van der Waals surface area contributed by atoms with Gasteiger partial charge in [0, 0.05) is 26.5 Å². The molecule has 1 heterocycles. The molecule has 1 aromatic carbocycles. The Morgan fingerprint density at radius 1 is 1.29 bits per heavy atom. The number of ether oxygens (including phenoxy) is 2. The summed E-state index contributed by atoms with van der Waals surface area (Å²) >= 11 is 0. The molecule has 0 radical (unpaired) electrons. The van der Waals surface area contributed by atoms with E-state index in [0.29, 0.717) is 17.0 Å². The maximum Gasteiger partial charge on any atom is 0.345 e. The van der Waals surface area contributed by atoms with Crippen molar-refractivity contribution in [3.8, 4) is 5.75 Å². The van der Waals surface area contributed by atoms with Gasteiger partial charge < -0.3 is 14.8 Å². The van der Waals surface area contributed by atoms with Crippen LogP contribution in [0.2, 0.25) is 0 Å². The third kappa shape index (κ3) is 2.38. The Hall–Kier alpha value is -2.04. The van der Waals surface area contributed by atoms with Crippen LogP contribution in [0.1, 0.15) is 31.1 Å². The van der Waals surface area contributed by atoms with Gasteiger partial charge in [-0.2, -0.15) is 0 Å². The second kappa shape index (κ2) is 3.76. The maximum absolute atomic E-state index is 11.7. The maximum atomic E-state index is 11.7. The number of fused-ring (bicyclic) bond motifs is 1. The van der Waals surface area contributed by atoms with Crippen LogP contribution in [0.25, 0.3) is 0 Å². The van der Waals surface area contributed by atoms with Gasteiger partial charge in [-0.15, -0.1) is 0 Å². The Bertz CT molecular complexity index is 493. The molecule has 0 aliphatic carbocycles. The van der Waals surface area contributed by atoms with Crippen molar-refractivity contribution >= 4 is 17.6 Å². The first-order chi connectivity index (χ1) is 7.87. The zero-order valence-electron chi connectivity index (χ0n) is 9.87. The standard InChI is InChI=1S/C12H13NO4/c1-7(14)13-8-4-5-10-9(6-8)11(15)17-12(2,3)16-10/h4-6H,1-3H3,(H,13,14). The van der Waals surface area contributed by atoms with Gasteiger partial charge in [-0.25, -0.2) is 4.79 Å². The highest BCUT2D eigenvalue weighted by Crippen LogP contribution is 2.32. The molecule has 90 valence electrons. The molecule has 0 saturated heterocycles. The number of esters is 1. The summed E-state index contributed by atoms with van der Waals surface area (Å²) in [5, 5.41) is 2.59. The molecular weight excluding hydrogens is 222 g/mol. The monoisotopic (exact) mass is 235 g/mol. The molecule has 1 aromatic rings. The van der Waals surface area contributed by atoms with Crippen LogP contribution in [0.3, 0.4) is 0 Å². The molecule has 17 heavy (non-hydrogen) atoms. The Kier molecular flexibility index (Phi) is 2.53. The lowest BCUT2D eigenvalue weighted by molar-refractivity contribution is -0.127. The zero-order chi connectivity index (χ0) is 12.6. The number of carbonyl (C=O) groups excluding carboxylic acids is 2. The van der Waals surface area contributed by atoms with Gasteiger partial charge in [0.1, 0.15) is 11.3 Å². The summed E-state index contributed by atoms with van der Waals surface area (Å²) < 4.78 is 10.6. The van der Waals surface area contributed by atoms with Crippen molar-refractivity contribution in [3.63, 3.8) is 0 Å². The van der Waals surface area contributed by atoms with Crippen LogP contribution < -0.4 is 10.1 Å². The van der Waals surface area contributed by atoms with Crippen molar-refractivity contribution < 1.29 is 19.1 Å². The Morgan fingerprint density at radius 2 is 2.00 bits per heavy atom. The van der Waals surface area contributed by atoms with Crippen LogP contribution in [0.5, 0.6) is 5.75 Å². The van der Waals surface area contributed by atoms with Gasteiger partial charge in [0.25, 0.3) is 0 Å². The highest BCUT2D eigenvalue weighted by atomic mass is 16.7. The van der Waals surface area contributed by atoms with Crippen LogP contribution in [0, 0.1) is 0 Å². The summed E-state index contributed by atoms with van der Waals surface area (Å²) in [4.78, 5) is 22.6. The highest BCUT2D eigenvalue weighted by Gasteiger charge is 2.33. The van der Waals surface area contributed by atoms with Crippen LogP contribution in [-0.4, -0.2) is 17.7 Å². The summed E-state index contributed by atoms with van der Waals surface area (Å²) in [6, 6.07) is 4.85. The van der Waals surface area contributed by atoms with E-state index in [2.05, 4.69) is 5.32 Å². The van der Waals surface area contributed by atoms with Crippen molar-refractivity contribution in [2.45, 2.75) is 26.6 Å². The van der Waals surface area contributed by atoms with E-state index in [1.54, 1.807) is 26.0 Å². The molecular formula is C12H13NO4. The number of amides is 1. The summed E-state index contributed by atoms with van der Waals surface area (Å²) in [7, 11) is 0. The van der Waals surface area contributed by atoms with Crippen LogP contribution in [-0.2, 0) is 9.53 Å². The topological polar surface area (TPSA) is 64.6 Å². The quantitative estimate of drug-likeness (QED) is 0.755. The number of rotatable bonds is 1. The second-order valence-electron chi connectivity index (χ2n) is 4.28. The van der Waals surface area contributed by atoms with E-state index >= 15 is 0 Å². The number of benzene rings is 1. The minimum absolute atomic E-state index is 0.199. The van der Waals surface area contributed by atoms with E-state index in [-0.39, 0.29) is 5.91 Å². The van der Waals surface area contributed by atoms with Crippen molar-refractivity contribution in [3.05, 3.63) is 23.8 Å². The first-order valence-electron chi connectivity index (χ1n) is 5.21. The number of hydrogen-bond acceptors (Lipinski definition) is 4. The van der Waals surface area contributed by atoms with Gasteiger partial charge in [-0.05, 0) is 18.2 Å². The van der Waals surface area contributed by atoms with E-state index in [9.17, 15) is 9.59 Å². The molecule has 0 aromatic heterocycles. The molecule has 0 fully saturated rings. The van der Waals surface area contributed by atoms with Crippen molar-refractivity contribution in [2.24, 2.45) is 0 Å². The molecule has 0 spiro atoms. The lowest BCUT2D eigenvalue weighted by Crippen LogP contribution is -2.38. The third-order valence-corrected chi connectivity index (χ3v) is 2.21. The van der Waals surface area contributed by atoms with Crippen LogP contribution >= 0.6 is 0 Å². The normalized spacial score (nSPS) is 16.5. The van der Waals surface area contributed by atoms with Crippen LogP contribution in [0.4, 0.5) is 5.69 Å². The third-order valence-electron chi connectivity index (χ3n) is 2.21. The van der Waals surface area contributed by atoms with Crippen molar-refractivity contribution in [1.29, 1.82) is 0 Å². The fourth-order valence-electron chi connectivity index (χ4n) is 1.62. The van der Waals surface area contributed by atoms with E-state index in [1.807, 2.05) is 0 Å². The fraction of sp³-hybridized carbons (Fsp3) is 0.333. The minimum Gasteiger partial charge on any atom is -0.452 e. The molecule has 1 N–H and O–H groups in total. The first kappa shape index (κ1) is 11.4. The predicted octanol–water partition coefficient (Wildman–Crippen LogP) is 1.93. The molecule has 0 unspecified atom stereocenters. The predicted molar refractivity (Wildman–Crippen MR) is 60.9 cm³/mol. The summed E-state index contributed by atoms with van der Waals surface area (Å²) in [6.45, 7) is 4.72. The lowest BCUT2D eigenvalue weighted by Gasteiger charge is -2.31. The number of anilines is 1. The Labute approximate surface area is 98.7 Å². The number of cyclic esters (lactones) is 1. The molecule has 2 rings (SSSR count). The largest absolute Gasteiger partial charge is 0.452 e. The van der Waals surface area contributed by atoms with Gasteiger partial charge in [0.2, 0.25) is 11.7 Å². The molecule has 1 aliphatic rings. The van der Waals surface area contributed by atoms with Gasteiger partial charge >= 0.3 is 5.97 Å². The van der Waals surface area contributed by atoms with Crippen molar-refractivity contribution in [2.75, 3.05) is 5.32 Å². The highest BCUT2D eigenvalue weighted by molar-refractivity contribution is 5.96. The first-order valence-corrected chi connectivity index (χ1v) is 5.21. The SMILES string of the molecule is CC(=O)Nc1ccc2c(c1)C(=O)OC(C)(C)O2. The summed E-state index contributed by atoms with van der Waals surface area (Å²) in [6.07, 6.45) is 0. The molecule has 1 amide bonds. The molecule has 0 atom stereocenters. The van der Waals surface area contributed by atoms with Gasteiger partial charge in [-0.1, -0.05) is 0 Å². The fourth-order valence-corrected chi connectivity index (χ4v) is 1.62. The zero-order valence-corrected chi connectivity index (χ0v) is 9.87. The molecule has 1 aliphatic heterocycles. The number of carbonyl (C=O) groups is 2. The lowest BCUT2D eigenvalue weighted by atomic mass is 10.1. The van der Waals surface area contributed by atoms with E-state index in [1.165, 1.54) is 13.0 Å². The number of hydrogen-bond donors (Lipinski definition) is 1. The van der Waals surface area contributed by atoms with E-state index in [0.717, 1.165) is 0 Å². The Morgan fingerprint density at radius 3 is 2.65 bits per heavy atom. The van der Waals surface area contributed by atoms with Gasteiger partial charge in [0.15, 0.2) is 0 Å². The second-order valence-corrected chi connectivity index (χ2v) is 4.28. The van der Waals surface area contributed by atoms with E-state index in [4.69, 9.17) is 9.47 Å². The molecule has 5 nitrogen and oxygen atoms in total. The smallest absolute Gasteiger partial charge is 0.345 e.